The van der Waals surface area contributed by atoms with E-state index in [0.717, 1.165) is 11.1 Å². The Labute approximate surface area is 201 Å². The Morgan fingerprint density at radius 1 is 0.800 bits per heavy atom. The van der Waals surface area contributed by atoms with Gasteiger partial charge >= 0.3 is 41.5 Å². The molecule has 2 rings (SSSR count). The van der Waals surface area contributed by atoms with E-state index >= 15 is 0 Å². The van der Waals surface area contributed by atoms with Gasteiger partial charge in [0, 0.05) is 0 Å². The summed E-state index contributed by atoms with van der Waals surface area (Å²) in [6.45, 7) is 3.16. The molecule has 1 unspecified atom stereocenters. The summed E-state index contributed by atoms with van der Waals surface area (Å²) in [5.74, 6) is -0.764. The van der Waals surface area contributed by atoms with Crippen LogP contribution in [0.4, 0.5) is 0 Å². The number of carbonyl (C=O) groups excluding carboxylic acids is 2. The maximum Gasteiger partial charge on any atom is 1.00 e. The van der Waals surface area contributed by atoms with Crippen molar-refractivity contribution >= 4 is 11.9 Å². The van der Waals surface area contributed by atoms with Crippen molar-refractivity contribution in [1.29, 1.82) is 0 Å². The molecule has 1 atom stereocenters. The number of ether oxygens (including phenoxy) is 4. The van der Waals surface area contributed by atoms with Gasteiger partial charge in [-0.25, -0.2) is 0 Å². The summed E-state index contributed by atoms with van der Waals surface area (Å²) in [6.07, 6.45) is -0.204. The molecule has 0 amide bonds. The molecule has 0 saturated heterocycles. The molecule has 0 saturated carbocycles. The van der Waals surface area contributed by atoms with Gasteiger partial charge in [-0.15, -0.1) is 0 Å². The maximum atomic E-state index is 11.8. The largest absolute Gasteiger partial charge is 1.00 e. The molecule has 0 aliphatic heterocycles. The number of benzene rings is 2. The zero-order valence-electron chi connectivity index (χ0n) is 18.8. The maximum absolute atomic E-state index is 11.8. The van der Waals surface area contributed by atoms with Gasteiger partial charge in [-0.2, -0.15) is 0 Å². The predicted octanol–water partition coefficient (Wildman–Crippen LogP) is 0.792. The average Bonchev–Trinajstić information content (AvgIpc) is 2.74. The number of carbonyl (C=O) groups is 2. The second-order valence-corrected chi connectivity index (χ2v) is 6.56. The van der Waals surface area contributed by atoms with Crippen LogP contribution in [0.1, 0.15) is 32.3 Å². The van der Waals surface area contributed by atoms with Crippen molar-refractivity contribution < 1.29 is 59.5 Å². The molecule has 0 N–H and O–H groups in total. The van der Waals surface area contributed by atoms with Gasteiger partial charge in [0.2, 0.25) is 0 Å². The monoisotopic (exact) mass is 424 g/mol. The first-order chi connectivity index (χ1) is 14.1. The Bertz CT molecular complexity index is 729. The predicted molar refractivity (Wildman–Crippen MR) is 109 cm³/mol. The average molecular weight is 424 g/mol. The van der Waals surface area contributed by atoms with Crippen molar-refractivity contribution in [2.45, 2.75) is 39.1 Å². The van der Waals surface area contributed by atoms with Gasteiger partial charge in [0.15, 0.2) is 0 Å². The molecule has 7 heteroatoms. The fourth-order valence-electron chi connectivity index (χ4n) is 2.44. The second kappa shape index (κ2) is 16.1. The van der Waals surface area contributed by atoms with Crippen molar-refractivity contribution in [3.05, 3.63) is 71.8 Å². The van der Waals surface area contributed by atoms with E-state index in [1.165, 1.54) is 0 Å². The quantitative estimate of drug-likeness (QED) is 0.269. The Kier molecular flexibility index (Phi) is 14.1. The van der Waals surface area contributed by atoms with Crippen molar-refractivity contribution in [2.75, 3.05) is 19.8 Å². The van der Waals surface area contributed by atoms with Gasteiger partial charge in [-0.1, -0.05) is 60.7 Å². The molecule has 6 nitrogen and oxygen atoms in total. The van der Waals surface area contributed by atoms with Crippen LogP contribution in [0.15, 0.2) is 60.7 Å². The minimum Gasteiger partial charge on any atom is -1.00 e. The zero-order chi connectivity index (χ0) is 20.7. The molecule has 0 radical (unpaired) electrons. The summed E-state index contributed by atoms with van der Waals surface area (Å²) >= 11 is 0. The van der Waals surface area contributed by atoms with Crippen LogP contribution in [-0.2, 0) is 41.8 Å². The molecule has 0 aromatic heterocycles. The molecule has 2 aromatic carbocycles. The van der Waals surface area contributed by atoms with E-state index in [4.69, 9.17) is 18.9 Å². The third-order valence-corrected chi connectivity index (χ3v) is 3.94. The third-order valence-electron chi connectivity index (χ3n) is 3.94. The zero-order valence-corrected chi connectivity index (χ0v) is 19.8. The number of rotatable bonds is 13. The fourth-order valence-corrected chi connectivity index (χ4v) is 2.44. The van der Waals surface area contributed by atoms with E-state index in [0.29, 0.717) is 13.2 Å². The summed E-state index contributed by atoms with van der Waals surface area (Å²) < 4.78 is 21.2. The van der Waals surface area contributed by atoms with Crippen LogP contribution in [0, 0.1) is 0 Å². The Morgan fingerprint density at radius 3 is 1.77 bits per heavy atom. The van der Waals surface area contributed by atoms with E-state index in [2.05, 4.69) is 0 Å². The summed E-state index contributed by atoms with van der Waals surface area (Å²) in [5.41, 5.74) is 2.10. The molecule has 0 bridgehead atoms. The van der Waals surface area contributed by atoms with Gasteiger partial charge in [0.25, 0.3) is 0 Å². The van der Waals surface area contributed by atoms with Crippen LogP contribution < -0.4 is 29.6 Å². The van der Waals surface area contributed by atoms with Crippen molar-refractivity contribution in [3.63, 3.8) is 0 Å². The van der Waals surface area contributed by atoms with Crippen LogP contribution in [0.3, 0.4) is 0 Å². The van der Waals surface area contributed by atoms with E-state index in [-0.39, 0.29) is 75.6 Å². The number of hydrogen-bond donors (Lipinski definition) is 0. The first kappa shape index (κ1) is 26.3. The molecule has 0 fully saturated rings. The standard InChI is InChI=1S/C23H28O6.Na.H/c1-19(29-23(25)13-15-27-18-21-10-6-3-7-11-21)16-28-22(24)12-14-26-17-20-8-4-2-5-9-20;;/h2-11,19H,12-18H2,1H3;;/q;+1;-1. The van der Waals surface area contributed by atoms with Crippen LogP contribution >= 0.6 is 0 Å². The minimum atomic E-state index is -0.509. The van der Waals surface area contributed by atoms with Crippen LogP contribution in [0.25, 0.3) is 0 Å². The van der Waals surface area contributed by atoms with Gasteiger partial charge < -0.3 is 20.4 Å². The molecule has 2 aromatic rings. The second-order valence-electron chi connectivity index (χ2n) is 6.56. The normalized spacial score (nSPS) is 11.2. The third kappa shape index (κ3) is 12.1. The molecule has 30 heavy (non-hydrogen) atoms. The van der Waals surface area contributed by atoms with Gasteiger partial charge in [0.1, 0.15) is 12.7 Å². The molecule has 158 valence electrons. The molecule has 0 spiro atoms. The van der Waals surface area contributed by atoms with Crippen LogP contribution in [-0.4, -0.2) is 37.9 Å². The molecule has 0 aliphatic carbocycles. The van der Waals surface area contributed by atoms with Crippen LogP contribution in [0.5, 0.6) is 0 Å². The smallest absolute Gasteiger partial charge is 1.00 e. The minimum absolute atomic E-state index is 0. The Morgan fingerprint density at radius 2 is 1.27 bits per heavy atom. The van der Waals surface area contributed by atoms with E-state index in [1.807, 2.05) is 60.7 Å². The molecule has 0 heterocycles. The summed E-state index contributed by atoms with van der Waals surface area (Å²) in [7, 11) is 0. The van der Waals surface area contributed by atoms with Gasteiger partial charge in [0.05, 0.1) is 39.3 Å². The van der Waals surface area contributed by atoms with Gasteiger partial charge in [-0.3, -0.25) is 9.59 Å². The molecule has 0 aliphatic rings. The summed E-state index contributed by atoms with van der Waals surface area (Å²) in [5, 5.41) is 0. The van der Waals surface area contributed by atoms with Crippen LogP contribution in [0.2, 0.25) is 0 Å². The summed E-state index contributed by atoms with van der Waals surface area (Å²) in [4.78, 5) is 23.5. The first-order valence-corrected chi connectivity index (χ1v) is 9.72. The molecular formula is C23H29NaO6. The van der Waals surface area contributed by atoms with Crippen molar-refractivity contribution in [3.8, 4) is 0 Å². The Balaban J connectivity index is 0.00000450. The van der Waals surface area contributed by atoms with E-state index in [9.17, 15) is 9.59 Å². The summed E-state index contributed by atoms with van der Waals surface area (Å²) in [6, 6.07) is 19.5. The first-order valence-electron chi connectivity index (χ1n) is 9.72. The SMILES string of the molecule is CC(COC(=O)CCOCc1ccccc1)OC(=O)CCOCc1ccccc1.[H-].[Na+]. The Hall–Kier alpha value is -1.70. The van der Waals surface area contributed by atoms with E-state index in [1.54, 1.807) is 6.92 Å². The number of esters is 2. The molecular weight excluding hydrogens is 395 g/mol. The van der Waals surface area contributed by atoms with Crippen molar-refractivity contribution in [1.82, 2.24) is 0 Å². The van der Waals surface area contributed by atoms with Gasteiger partial charge in [-0.05, 0) is 18.1 Å². The number of hydrogen-bond acceptors (Lipinski definition) is 6. The topological polar surface area (TPSA) is 71.1 Å². The fraction of sp³-hybridized carbons (Fsp3) is 0.391. The van der Waals surface area contributed by atoms with E-state index < -0.39 is 6.10 Å². The van der Waals surface area contributed by atoms with Crippen molar-refractivity contribution in [2.24, 2.45) is 0 Å².